The lowest BCUT2D eigenvalue weighted by atomic mass is 10.0. The van der Waals surface area contributed by atoms with Crippen LogP contribution in [0.25, 0.3) is 0 Å². The second-order valence-electron chi connectivity index (χ2n) is 24.7. The molecule has 9 nitrogen and oxygen atoms in total. The number of hydrogen-bond donors (Lipinski definition) is 1. The molecule has 0 saturated heterocycles. The summed E-state index contributed by atoms with van der Waals surface area (Å²) in [5, 5.41) is 3.04. The van der Waals surface area contributed by atoms with Crippen LogP contribution in [0.5, 0.6) is 0 Å². The highest BCUT2D eigenvalue weighted by atomic mass is 31.2. The molecule has 0 aliphatic carbocycles. The first-order valence-corrected chi connectivity index (χ1v) is 35.9. The Bertz CT molecular complexity index is 1510. The van der Waals surface area contributed by atoms with Gasteiger partial charge < -0.3 is 28.5 Å². The number of carbonyl (C=O) groups excluding carboxylic acids is 2. The number of nitrogens with one attached hydrogen (secondary N) is 1. The summed E-state index contributed by atoms with van der Waals surface area (Å²) in [7, 11) is 1.20. The number of quaternary nitrogens is 1. The third-order valence-corrected chi connectivity index (χ3v) is 16.5. The first-order valence-electron chi connectivity index (χ1n) is 34.4. The number of hydrogen-bond acceptors (Lipinski definition) is 7. The molecule has 3 unspecified atom stereocenters. The van der Waals surface area contributed by atoms with Crippen LogP contribution in [0.15, 0.2) is 48.6 Å². The topological polar surface area (TPSA) is 114 Å². The molecule has 0 bridgehead atoms. The van der Waals surface area contributed by atoms with Crippen molar-refractivity contribution in [1.29, 1.82) is 0 Å². The molecule has 0 aliphatic heterocycles. The third-order valence-electron chi connectivity index (χ3n) is 15.5. The molecule has 1 N–H and O–H groups in total. The number of rotatable bonds is 63. The summed E-state index contributed by atoms with van der Waals surface area (Å²) < 4.78 is 30.4. The molecule has 80 heavy (non-hydrogen) atoms. The number of amides is 1. The Morgan fingerprint density at radius 1 is 0.438 bits per heavy atom. The molecular weight excluding hydrogens is 1010 g/mol. The molecule has 0 aromatic rings. The van der Waals surface area contributed by atoms with E-state index in [1.807, 2.05) is 33.3 Å². The summed E-state index contributed by atoms with van der Waals surface area (Å²) >= 11 is 0. The van der Waals surface area contributed by atoms with Crippen molar-refractivity contribution in [2.24, 2.45) is 0 Å². The Kier molecular flexibility index (Phi) is 58.6. The van der Waals surface area contributed by atoms with Crippen LogP contribution in [0.2, 0.25) is 0 Å². The Labute approximate surface area is 497 Å². The molecule has 0 aromatic carbocycles. The zero-order valence-corrected chi connectivity index (χ0v) is 54.7. The van der Waals surface area contributed by atoms with Gasteiger partial charge in [0, 0.05) is 12.8 Å². The number of nitrogens with zero attached hydrogens (tertiary/aromatic N) is 1. The lowest BCUT2D eigenvalue weighted by Gasteiger charge is -2.30. The quantitative estimate of drug-likeness (QED) is 0.0212. The van der Waals surface area contributed by atoms with Crippen LogP contribution in [0.3, 0.4) is 0 Å². The van der Waals surface area contributed by atoms with E-state index < -0.39 is 20.0 Å². The van der Waals surface area contributed by atoms with Crippen LogP contribution in [0.1, 0.15) is 335 Å². The van der Waals surface area contributed by atoms with Crippen LogP contribution in [0, 0.1) is 0 Å². The predicted octanol–water partition coefficient (Wildman–Crippen LogP) is 21.0. The van der Waals surface area contributed by atoms with Crippen molar-refractivity contribution in [2.75, 3.05) is 40.9 Å². The SMILES string of the molecule is CCCCC/C=C\C/C=C\C/C=C\CCCCCCCCCCCCCCC(=O)NC(COP(=O)([O-])OCC[N+](C)(C)C)C(/C=C\CCCCCCCCCCCC)OC(=O)CCCCCCCCCCCCCCCCCCC. The minimum absolute atomic E-state index is 0.0208. The van der Waals surface area contributed by atoms with E-state index in [2.05, 4.69) is 62.5 Å². The van der Waals surface area contributed by atoms with Gasteiger partial charge in [0.1, 0.15) is 19.3 Å². The van der Waals surface area contributed by atoms with Gasteiger partial charge in [0.2, 0.25) is 5.91 Å². The molecule has 0 aromatic heterocycles. The fourth-order valence-corrected chi connectivity index (χ4v) is 10.9. The average Bonchev–Trinajstić information content (AvgIpc) is 3.42. The molecule has 0 rings (SSSR count). The molecule has 3 atom stereocenters. The van der Waals surface area contributed by atoms with Crippen molar-refractivity contribution < 1.29 is 37.3 Å². The molecular formula is C70H133N2O7P. The van der Waals surface area contributed by atoms with E-state index in [1.165, 1.54) is 231 Å². The largest absolute Gasteiger partial charge is 0.756 e. The van der Waals surface area contributed by atoms with Gasteiger partial charge in [0.25, 0.3) is 7.82 Å². The molecule has 10 heteroatoms. The molecule has 0 aliphatic rings. The van der Waals surface area contributed by atoms with E-state index in [9.17, 15) is 19.0 Å². The van der Waals surface area contributed by atoms with Crippen LogP contribution in [0.4, 0.5) is 0 Å². The highest BCUT2D eigenvalue weighted by molar-refractivity contribution is 7.45. The minimum atomic E-state index is -4.70. The van der Waals surface area contributed by atoms with Crippen LogP contribution in [-0.2, 0) is 27.9 Å². The van der Waals surface area contributed by atoms with E-state index in [0.717, 1.165) is 70.6 Å². The van der Waals surface area contributed by atoms with Gasteiger partial charge in [-0.2, -0.15) is 0 Å². The maximum absolute atomic E-state index is 13.6. The van der Waals surface area contributed by atoms with Crippen LogP contribution in [-0.4, -0.2) is 69.4 Å². The summed E-state index contributed by atoms with van der Waals surface area (Å²) in [6.45, 7) is 6.86. The van der Waals surface area contributed by atoms with Crippen molar-refractivity contribution in [2.45, 2.75) is 348 Å². The van der Waals surface area contributed by atoms with Gasteiger partial charge in [-0.15, -0.1) is 0 Å². The number of ether oxygens (including phenoxy) is 1. The standard InChI is InChI=1S/C70H133N2O7P/c1-7-10-13-16-19-22-25-28-30-32-33-34-35-36-37-38-39-41-42-44-47-50-53-56-59-62-69(73)71-67(66-78-80(75,76)77-65-64-72(4,5)6)68(61-58-55-52-49-46-27-24-21-18-15-12-9-3)79-70(74)63-60-57-54-51-48-45-43-40-31-29-26-23-20-17-14-11-8-2/h19,22,28,30,33-34,58,61,67-68H,7-18,20-21,23-27,29,31-32,35-57,59-60,62-66H2,1-6H3,(H-,71,73,75,76)/b22-19-,30-28-,34-33-,61-58-. The monoisotopic (exact) mass is 1140 g/mol. The normalized spacial score (nSPS) is 13.8. The molecule has 1 amide bonds. The van der Waals surface area contributed by atoms with Gasteiger partial charge in [-0.1, -0.05) is 301 Å². The number of carbonyl (C=O) groups is 2. The highest BCUT2D eigenvalue weighted by Gasteiger charge is 2.27. The summed E-state index contributed by atoms with van der Waals surface area (Å²) in [6.07, 6.45) is 75.1. The van der Waals surface area contributed by atoms with Crippen molar-refractivity contribution in [1.82, 2.24) is 5.32 Å². The van der Waals surface area contributed by atoms with Gasteiger partial charge in [0.05, 0.1) is 33.8 Å². The van der Waals surface area contributed by atoms with E-state index in [-0.39, 0.29) is 31.5 Å². The molecule has 0 spiro atoms. The summed E-state index contributed by atoms with van der Waals surface area (Å²) in [4.78, 5) is 40.1. The van der Waals surface area contributed by atoms with Crippen molar-refractivity contribution >= 4 is 19.7 Å². The molecule has 470 valence electrons. The molecule has 0 saturated carbocycles. The summed E-state index contributed by atoms with van der Waals surface area (Å²) in [6, 6.07) is -0.887. The third kappa shape index (κ3) is 60.6. The first-order chi connectivity index (χ1) is 38.9. The number of allylic oxidation sites excluding steroid dienone is 7. The molecule has 0 heterocycles. The first kappa shape index (κ1) is 78.0. The maximum Gasteiger partial charge on any atom is 0.306 e. The van der Waals surface area contributed by atoms with Gasteiger partial charge in [-0.05, 0) is 70.3 Å². The Morgan fingerprint density at radius 2 is 0.762 bits per heavy atom. The van der Waals surface area contributed by atoms with Crippen molar-refractivity contribution in [3.63, 3.8) is 0 Å². The number of likely N-dealkylation sites (N-methyl/N-ethyl adjacent to an activating group) is 1. The number of unbranched alkanes of at least 4 members (excludes halogenated alkanes) is 41. The second-order valence-corrected chi connectivity index (χ2v) is 26.1. The zero-order chi connectivity index (χ0) is 58.6. The lowest BCUT2D eigenvalue weighted by molar-refractivity contribution is -0.870. The number of phosphoric acid groups is 1. The van der Waals surface area contributed by atoms with E-state index >= 15 is 0 Å². The molecule has 0 radical (unpaired) electrons. The fourth-order valence-electron chi connectivity index (χ4n) is 10.2. The van der Waals surface area contributed by atoms with Crippen LogP contribution < -0.4 is 10.2 Å². The highest BCUT2D eigenvalue weighted by Crippen LogP contribution is 2.38. The van der Waals surface area contributed by atoms with Gasteiger partial charge >= 0.3 is 5.97 Å². The average molecular weight is 1150 g/mol. The van der Waals surface area contributed by atoms with Gasteiger partial charge in [-0.25, -0.2) is 0 Å². The Balaban J connectivity index is 5.07. The van der Waals surface area contributed by atoms with Gasteiger partial charge in [0.15, 0.2) is 0 Å². The number of esters is 1. The second kappa shape index (κ2) is 60.1. The van der Waals surface area contributed by atoms with Crippen LogP contribution >= 0.6 is 7.82 Å². The fraction of sp³-hybridized carbons (Fsp3) is 0.857. The summed E-state index contributed by atoms with van der Waals surface area (Å²) in [5.41, 5.74) is 0. The van der Waals surface area contributed by atoms with Crippen molar-refractivity contribution in [3.05, 3.63) is 48.6 Å². The predicted molar refractivity (Wildman–Crippen MR) is 344 cm³/mol. The number of phosphoric ester groups is 1. The maximum atomic E-state index is 13.6. The Hall–Kier alpha value is -2.03. The smallest absolute Gasteiger partial charge is 0.306 e. The minimum Gasteiger partial charge on any atom is -0.756 e. The van der Waals surface area contributed by atoms with E-state index in [1.54, 1.807) is 0 Å². The lowest BCUT2D eigenvalue weighted by Crippen LogP contribution is -2.47. The van der Waals surface area contributed by atoms with Gasteiger partial charge in [-0.3, -0.25) is 14.2 Å². The van der Waals surface area contributed by atoms with Crippen molar-refractivity contribution in [3.8, 4) is 0 Å². The Morgan fingerprint density at radius 3 is 1.16 bits per heavy atom. The zero-order valence-electron chi connectivity index (χ0n) is 53.8. The summed E-state index contributed by atoms with van der Waals surface area (Å²) in [5.74, 6) is -0.527. The van der Waals surface area contributed by atoms with E-state index in [0.29, 0.717) is 17.4 Å². The van der Waals surface area contributed by atoms with E-state index in [4.69, 9.17) is 13.8 Å². The molecule has 0 fully saturated rings.